The molecular formula is C27H26N4O3S. The number of benzene rings is 2. The van der Waals surface area contributed by atoms with Crippen molar-refractivity contribution in [3.8, 4) is 11.3 Å². The molecule has 0 spiro atoms. The largest absolute Gasteiger partial charge is 0.336 e. The molecule has 1 amide bonds. The van der Waals surface area contributed by atoms with E-state index in [1.54, 1.807) is 36.4 Å². The highest BCUT2D eigenvalue weighted by Crippen LogP contribution is 2.27. The summed E-state index contributed by atoms with van der Waals surface area (Å²) >= 11 is 0. The average molecular weight is 487 g/mol. The molecule has 2 aromatic carbocycles. The van der Waals surface area contributed by atoms with Crippen molar-refractivity contribution in [1.82, 2.24) is 19.2 Å². The quantitative estimate of drug-likeness (QED) is 0.434. The van der Waals surface area contributed by atoms with Gasteiger partial charge < -0.3 is 4.90 Å². The first-order valence-corrected chi connectivity index (χ1v) is 13.0. The molecule has 1 saturated heterocycles. The number of nitrogens with zero attached hydrogens (tertiary/aromatic N) is 4. The zero-order valence-electron chi connectivity index (χ0n) is 19.7. The maximum Gasteiger partial charge on any atom is 0.254 e. The van der Waals surface area contributed by atoms with Gasteiger partial charge in [0.25, 0.3) is 5.91 Å². The van der Waals surface area contributed by atoms with Crippen LogP contribution < -0.4 is 0 Å². The summed E-state index contributed by atoms with van der Waals surface area (Å²) in [6.07, 6.45) is 3.42. The molecule has 4 aromatic rings. The molecule has 0 aliphatic carbocycles. The Balaban J connectivity index is 1.42. The minimum atomic E-state index is -3.63. The van der Waals surface area contributed by atoms with Crippen molar-refractivity contribution in [2.75, 3.05) is 26.2 Å². The molecule has 1 aliphatic rings. The van der Waals surface area contributed by atoms with Crippen LogP contribution in [0.2, 0.25) is 0 Å². The molecular weight excluding hydrogens is 460 g/mol. The number of amides is 1. The first-order valence-electron chi connectivity index (χ1n) is 11.5. The number of sulfonamides is 1. The van der Waals surface area contributed by atoms with Gasteiger partial charge >= 0.3 is 0 Å². The van der Waals surface area contributed by atoms with Crippen molar-refractivity contribution < 1.29 is 13.2 Å². The number of para-hydroxylation sites is 1. The van der Waals surface area contributed by atoms with E-state index in [0.717, 1.165) is 27.6 Å². The average Bonchev–Trinajstić information content (AvgIpc) is 2.89. The van der Waals surface area contributed by atoms with E-state index in [1.807, 2.05) is 55.5 Å². The maximum absolute atomic E-state index is 13.6. The van der Waals surface area contributed by atoms with Crippen LogP contribution in [0.15, 0.2) is 78.0 Å². The molecule has 0 atom stereocenters. The van der Waals surface area contributed by atoms with E-state index >= 15 is 0 Å². The molecule has 1 aliphatic heterocycles. The molecule has 0 bridgehead atoms. The van der Waals surface area contributed by atoms with Gasteiger partial charge in [-0.1, -0.05) is 30.3 Å². The second kappa shape index (κ2) is 9.20. The van der Waals surface area contributed by atoms with Gasteiger partial charge in [-0.25, -0.2) is 13.4 Å². The molecule has 3 heterocycles. The van der Waals surface area contributed by atoms with Crippen molar-refractivity contribution in [1.29, 1.82) is 0 Å². The van der Waals surface area contributed by atoms with E-state index in [2.05, 4.69) is 4.98 Å². The minimum absolute atomic E-state index is 0.127. The molecule has 5 rings (SSSR count). The third-order valence-electron chi connectivity index (χ3n) is 6.39. The Bertz CT molecular complexity index is 1510. The minimum Gasteiger partial charge on any atom is -0.336 e. The molecule has 35 heavy (non-hydrogen) atoms. The van der Waals surface area contributed by atoms with Crippen LogP contribution in [0.1, 0.15) is 21.5 Å². The molecule has 0 N–H and O–H groups in total. The van der Waals surface area contributed by atoms with E-state index in [0.29, 0.717) is 29.2 Å². The van der Waals surface area contributed by atoms with Gasteiger partial charge in [0.15, 0.2) is 0 Å². The third kappa shape index (κ3) is 4.42. The molecule has 1 fully saturated rings. The Morgan fingerprint density at radius 1 is 0.914 bits per heavy atom. The molecule has 0 unspecified atom stereocenters. The summed E-state index contributed by atoms with van der Waals surface area (Å²) in [5.41, 5.74) is 4.42. The molecule has 8 heteroatoms. The second-order valence-electron chi connectivity index (χ2n) is 8.78. The smallest absolute Gasteiger partial charge is 0.254 e. The highest BCUT2D eigenvalue weighted by molar-refractivity contribution is 7.89. The lowest BCUT2D eigenvalue weighted by Crippen LogP contribution is -2.50. The van der Waals surface area contributed by atoms with Gasteiger partial charge in [0, 0.05) is 49.5 Å². The second-order valence-corrected chi connectivity index (χ2v) is 10.7. The van der Waals surface area contributed by atoms with Crippen LogP contribution in [0.3, 0.4) is 0 Å². The van der Waals surface area contributed by atoms with Gasteiger partial charge in [0.1, 0.15) is 0 Å². The number of carbonyl (C=O) groups excluding carboxylic acids is 1. The van der Waals surface area contributed by atoms with E-state index in [4.69, 9.17) is 4.98 Å². The van der Waals surface area contributed by atoms with E-state index in [-0.39, 0.29) is 19.0 Å². The van der Waals surface area contributed by atoms with Crippen molar-refractivity contribution in [3.05, 3.63) is 89.7 Å². The van der Waals surface area contributed by atoms with E-state index in [9.17, 15) is 13.2 Å². The number of hydrogen-bond acceptors (Lipinski definition) is 5. The number of aryl methyl sites for hydroxylation is 2. The van der Waals surface area contributed by atoms with Crippen molar-refractivity contribution in [2.45, 2.75) is 18.7 Å². The SMILES string of the molecule is Cc1ccc(C)c(S(=O)(=O)N2CCN(C(=O)c3cc(-c4cccnc4)nc4ccccc34)CC2)c1. The summed E-state index contributed by atoms with van der Waals surface area (Å²) in [5, 5.41) is 0.774. The zero-order chi connectivity index (χ0) is 24.6. The van der Waals surface area contributed by atoms with Gasteiger partial charge in [-0.2, -0.15) is 4.31 Å². The summed E-state index contributed by atoms with van der Waals surface area (Å²) in [6.45, 7) is 4.83. The van der Waals surface area contributed by atoms with Crippen molar-refractivity contribution >= 4 is 26.8 Å². The Hall–Kier alpha value is -3.62. The number of rotatable bonds is 4. The van der Waals surface area contributed by atoms with Crippen LogP contribution in [0.25, 0.3) is 22.2 Å². The fraction of sp³-hybridized carbons (Fsp3) is 0.222. The maximum atomic E-state index is 13.6. The van der Waals surface area contributed by atoms with Crippen molar-refractivity contribution in [2.24, 2.45) is 0 Å². The summed E-state index contributed by atoms with van der Waals surface area (Å²) in [6, 6.07) is 18.6. The Morgan fingerprint density at radius 3 is 2.43 bits per heavy atom. The topological polar surface area (TPSA) is 83.5 Å². The summed E-state index contributed by atoms with van der Waals surface area (Å²) in [4.78, 5) is 24.6. The van der Waals surface area contributed by atoms with Crippen LogP contribution in [0.5, 0.6) is 0 Å². The fourth-order valence-corrected chi connectivity index (χ4v) is 6.17. The molecule has 0 saturated carbocycles. The highest BCUT2D eigenvalue weighted by atomic mass is 32.2. The molecule has 7 nitrogen and oxygen atoms in total. The van der Waals surface area contributed by atoms with Crippen LogP contribution >= 0.6 is 0 Å². The van der Waals surface area contributed by atoms with Gasteiger partial charge in [0.05, 0.1) is 21.7 Å². The summed E-state index contributed by atoms with van der Waals surface area (Å²) in [5.74, 6) is -0.127. The third-order valence-corrected chi connectivity index (χ3v) is 8.43. The first-order chi connectivity index (χ1) is 16.8. The summed E-state index contributed by atoms with van der Waals surface area (Å²) < 4.78 is 28.1. The molecule has 2 aromatic heterocycles. The first kappa shape index (κ1) is 23.1. The van der Waals surface area contributed by atoms with Gasteiger partial charge in [-0.15, -0.1) is 0 Å². The number of aromatic nitrogens is 2. The predicted octanol–water partition coefficient (Wildman–Crippen LogP) is 4.06. The number of piperazine rings is 1. The highest BCUT2D eigenvalue weighted by Gasteiger charge is 2.32. The molecule has 178 valence electrons. The number of carbonyl (C=O) groups is 1. The number of hydrogen-bond donors (Lipinski definition) is 0. The fourth-order valence-electron chi connectivity index (χ4n) is 4.44. The zero-order valence-corrected chi connectivity index (χ0v) is 20.5. The normalized spacial score (nSPS) is 14.9. The van der Waals surface area contributed by atoms with Crippen LogP contribution in [-0.2, 0) is 10.0 Å². The lowest BCUT2D eigenvalue weighted by atomic mass is 10.0. The number of pyridine rings is 2. The molecule has 0 radical (unpaired) electrons. The predicted molar refractivity (Wildman–Crippen MR) is 136 cm³/mol. The number of fused-ring (bicyclic) bond motifs is 1. The van der Waals surface area contributed by atoms with Crippen molar-refractivity contribution in [3.63, 3.8) is 0 Å². The van der Waals surface area contributed by atoms with E-state index < -0.39 is 10.0 Å². The Morgan fingerprint density at radius 2 is 1.69 bits per heavy atom. The van der Waals surface area contributed by atoms with Crippen LogP contribution in [-0.4, -0.2) is 59.7 Å². The van der Waals surface area contributed by atoms with Gasteiger partial charge in [-0.05, 0) is 55.3 Å². The van der Waals surface area contributed by atoms with E-state index in [1.165, 1.54) is 4.31 Å². The Kier molecular flexibility index (Phi) is 6.08. The lowest BCUT2D eigenvalue weighted by molar-refractivity contribution is 0.0700. The van der Waals surface area contributed by atoms with Gasteiger partial charge in [-0.3, -0.25) is 9.78 Å². The lowest BCUT2D eigenvalue weighted by Gasteiger charge is -2.34. The summed E-state index contributed by atoms with van der Waals surface area (Å²) in [7, 11) is -3.63. The van der Waals surface area contributed by atoms with Crippen LogP contribution in [0, 0.1) is 13.8 Å². The Labute approximate surface area is 205 Å². The monoisotopic (exact) mass is 486 g/mol. The van der Waals surface area contributed by atoms with Crippen LogP contribution in [0.4, 0.5) is 0 Å². The van der Waals surface area contributed by atoms with Gasteiger partial charge in [0.2, 0.25) is 10.0 Å². The standard InChI is InChI=1S/C27H26N4O3S/c1-19-9-10-20(2)26(16-19)35(33,34)31-14-12-30(13-15-31)27(32)23-17-25(21-6-5-11-28-18-21)29-24-8-4-3-7-22(23)24/h3-11,16-18H,12-15H2,1-2H3.